The highest BCUT2D eigenvalue weighted by atomic mass is 14.7. The van der Waals surface area contributed by atoms with Crippen LogP contribution >= 0.6 is 0 Å². The molecule has 0 bridgehead atoms. The molecule has 1 aromatic carbocycles. The van der Waals surface area contributed by atoms with E-state index in [0.29, 0.717) is 0 Å². The Hall–Kier alpha value is -1.63. The van der Waals surface area contributed by atoms with Crippen LogP contribution in [-0.4, -0.2) is 12.3 Å². The minimum Gasteiger partial charge on any atom is -0.284 e. The zero-order chi connectivity index (χ0) is 13.5. The second-order valence-electron chi connectivity index (χ2n) is 4.48. The zero-order valence-corrected chi connectivity index (χ0v) is 12.0. The van der Waals surface area contributed by atoms with Gasteiger partial charge < -0.3 is 0 Å². The van der Waals surface area contributed by atoms with E-state index in [1.54, 1.807) is 0 Å². The van der Waals surface area contributed by atoms with Gasteiger partial charge in [-0.15, -0.1) is 0 Å². The lowest BCUT2D eigenvalue weighted by atomic mass is 10.0. The number of aliphatic imine (C=N–C) groups is 1. The Bertz CT molecular complexity index is 478. The first kappa shape index (κ1) is 14.4. The maximum atomic E-state index is 4.70. The predicted molar refractivity (Wildman–Crippen MR) is 81.6 cm³/mol. The molecule has 0 unspecified atom stereocenters. The maximum Gasteiger partial charge on any atom is 0.0639 e. The van der Waals surface area contributed by atoms with Crippen molar-refractivity contribution in [1.29, 1.82) is 0 Å². The Morgan fingerprint density at radius 3 is 2.50 bits per heavy atom. The van der Waals surface area contributed by atoms with Crippen molar-refractivity contribution in [3.05, 3.63) is 59.2 Å². The van der Waals surface area contributed by atoms with Gasteiger partial charge in [0, 0.05) is 5.71 Å². The van der Waals surface area contributed by atoms with Gasteiger partial charge in [-0.25, -0.2) is 0 Å². The molecule has 1 aromatic rings. The molecule has 0 radical (unpaired) electrons. The molecule has 1 heteroatoms. The van der Waals surface area contributed by atoms with Gasteiger partial charge in [0.05, 0.1) is 6.54 Å². The molecule has 0 aliphatic heterocycles. The van der Waals surface area contributed by atoms with E-state index in [-0.39, 0.29) is 0 Å². The fraction of sp³-hybridized carbons (Fsp3) is 0.353. The third kappa shape index (κ3) is 3.69. The molecule has 1 rings (SSSR count). The fourth-order valence-electron chi connectivity index (χ4n) is 1.79. The Kier molecular flexibility index (Phi) is 5.57. The summed E-state index contributed by atoms with van der Waals surface area (Å²) in [5.74, 6) is 0. The molecule has 0 saturated carbocycles. The number of rotatable bonds is 5. The molecule has 0 spiro atoms. The quantitative estimate of drug-likeness (QED) is 0.526. The highest BCUT2D eigenvalue weighted by molar-refractivity contribution is 6.00. The zero-order valence-electron chi connectivity index (χ0n) is 12.0. The Morgan fingerprint density at radius 2 is 2.00 bits per heavy atom. The van der Waals surface area contributed by atoms with E-state index in [0.717, 1.165) is 13.0 Å². The van der Waals surface area contributed by atoms with Crippen molar-refractivity contribution in [2.75, 3.05) is 6.54 Å². The van der Waals surface area contributed by atoms with Crippen molar-refractivity contribution >= 4 is 5.71 Å². The second kappa shape index (κ2) is 6.95. The summed E-state index contributed by atoms with van der Waals surface area (Å²) in [5.41, 5.74) is 6.22. The normalized spacial score (nSPS) is 12.7. The summed E-state index contributed by atoms with van der Waals surface area (Å²) in [7, 11) is 0. The van der Waals surface area contributed by atoms with Crippen LogP contribution in [0.15, 0.2) is 47.5 Å². The Labute approximate surface area is 111 Å². The molecule has 0 aliphatic carbocycles. The van der Waals surface area contributed by atoms with Crippen molar-refractivity contribution in [2.24, 2.45) is 4.99 Å². The van der Waals surface area contributed by atoms with Crippen LogP contribution in [0.5, 0.6) is 0 Å². The third-order valence-electron chi connectivity index (χ3n) is 3.26. The van der Waals surface area contributed by atoms with E-state index in [1.807, 2.05) is 13.0 Å². The van der Waals surface area contributed by atoms with E-state index < -0.39 is 0 Å². The number of allylic oxidation sites excluding steroid dienone is 1. The minimum atomic E-state index is 0.718. The van der Waals surface area contributed by atoms with Gasteiger partial charge in [-0.1, -0.05) is 37.8 Å². The van der Waals surface area contributed by atoms with Crippen LogP contribution in [0.4, 0.5) is 0 Å². The standard InChI is InChI=1S/C17H23N/c1-6-15(7-2)12-18-17(8-3)16-10-9-13(4)14(5)11-16/h6-7,9-11H,1,8,12H2,2-5H3/b15-7+,18-17+. The van der Waals surface area contributed by atoms with Crippen molar-refractivity contribution < 1.29 is 0 Å². The van der Waals surface area contributed by atoms with Crippen LogP contribution in [0.3, 0.4) is 0 Å². The largest absolute Gasteiger partial charge is 0.284 e. The number of hydrogen-bond donors (Lipinski definition) is 0. The molecule has 0 heterocycles. The highest BCUT2D eigenvalue weighted by Gasteiger charge is 2.02. The number of benzene rings is 1. The lowest BCUT2D eigenvalue weighted by molar-refractivity contribution is 1.13. The van der Waals surface area contributed by atoms with Crippen LogP contribution in [0.2, 0.25) is 0 Å². The van der Waals surface area contributed by atoms with Gasteiger partial charge in [0.2, 0.25) is 0 Å². The van der Waals surface area contributed by atoms with E-state index in [2.05, 4.69) is 51.6 Å². The summed E-state index contributed by atoms with van der Waals surface area (Å²) in [6.07, 6.45) is 4.89. The average Bonchev–Trinajstić information content (AvgIpc) is 2.38. The smallest absolute Gasteiger partial charge is 0.0639 e. The van der Waals surface area contributed by atoms with E-state index in [9.17, 15) is 0 Å². The minimum absolute atomic E-state index is 0.718. The SMILES string of the molecule is C=C/C(=C\C)C/N=C(\CC)c1ccc(C)c(C)c1. The summed E-state index contributed by atoms with van der Waals surface area (Å²) < 4.78 is 0. The second-order valence-corrected chi connectivity index (χ2v) is 4.48. The molecule has 0 saturated heterocycles. The molecule has 0 aromatic heterocycles. The Balaban J connectivity index is 2.98. The summed E-state index contributed by atoms with van der Waals surface area (Å²) in [4.78, 5) is 4.70. The van der Waals surface area contributed by atoms with Crippen LogP contribution < -0.4 is 0 Å². The van der Waals surface area contributed by atoms with Crippen LogP contribution in [-0.2, 0) is 0 Å². The van der Waals surface area contributed by atoms with E-state index in [1.165, 1.54) is 28.0 Å². The third-order valence-corrected chi connectivity index (χ3v) is 3.26. The molecule has 1 nitrogen and oxygen atoms in total. The topological polar surface area (TPSA) is 12.4 Å². The number of aryl methyl sites for hydroxylation is 2. The molecule has 0 fully saturated rings. The van der Waals surface area contributed by atoms with Gasteiger partial charge in [0.25, 0.3) is 0 Å². The first-order chi connectivity index (χ1) is 8.62. The van der Waals surface area contributed by atoms with Crippen molar-refractivity contribution in [3.8, 4) is 0 Å². The first-order valence-corrected chi connectivity index (χ1v) is 6.51. The molecular weight excluding hydrogens is 218 g/mol. The van der Waals surface area contributed by atoms with Gasteiger partial charge in [-0.05, 0) is 55.5 Å². The summed E-state index contributed by atoms with van der Waals surface area (Å²) >= 11 is 0. The summed E-state index contributed by atoms with van der Waals surface area (Å²) in [6.45, 7) is 13.0. The lowest BCUT2D eigenvalue weighted by Gasteiger charge is -2.08. The van der Waals surface area contributed by atoms with Gasteiger partial charge in [0.1, 0.15) is 0 Å². The predicted octanol–water partition coefficient (Wildman–Crippen LogP) is 4.63. The van der Waals surface area contributed by atoms with Crippen LogP contribution in [0, 0.1) is 13.8 Å². The van der Waals surface area contributed by atoms with Gasteiger partial charge in [-0.2, -0.15) is 0 Å². The maximum absolute atomic E-state index is 4.70. The number of nitrogens with zero attached hydrogens (tertiary/aromatic N) is 1. The number of hydrogen-bond acceptors (Lipinski definition) is 1. The molecule has 0 atom stereocenters. The first-order valence-electron chi connectivity index (χ1n) is 6.51. The van der Waals surface area contributed by atoms with Crippen molar-refractivity contribution in [3.63, 3.8) is 0 Å². The van der Waals surface area contributed by atoms with E-state index in [4.69, 9.17) is 4.99 Å². The van der Waals surface area contributed by atoms with Crippen LogP contribution in [0.25, 0.3) is 0 Å². The van der Waals surface area contributed by atoms with Crippen LogP contribution in [0.1, 0.15) is 37.0 Å². The molecule has 18 heavy (non-hydrogen) atoms. The summed E-state index contributed by atoms with van der Waals surface area (Å²) in [5, 5.41) is 0. The summed E-state index contributed by atoms with van der Waals surface area (Å²) in [6, 6.07) is 6.55. The molecular formula is C17H23N. The monoisotopic (exact) mass is 241 g/mol. The Morgan fingerprint density at radius 1 is 1.28 bits per heavy atom. The molecule has 0 N–H and O–H groups in total. The van der Waals surface area contributed by atoms with Crippen molar-refractivity contribution in [2.45, 2.75) is 34.1 Å². The highest BCUT2D eigenvalue weighted by Crippen LogP contribution is 2.13. The molecule has 0 amide bonds. The lowest BCUT2D eigenvalue weighted by Crippen LogP contribution is -2.02. The fourth-order valence-corrected chi connectivity index (χ4v) is 1.79. The van der Waals surface area contributed by atoms with Gasteiger partial charge in [-0.3, -0.25) is 4.99 Å². The molecule has 0 aliphatic rings. The average molecular weight is 241 g/mol. The van der Waals surface area contributed by atoms with Crippen molar-refractivity contribution in [1.82, 2.24) is 0 Å². The van der Waals surface area contributed by atoms with Gasteiger partial charge >= 0.3 is 0 Å². The van der Waals surface area contributed by atoms with E-state index >= 15 is 0 Å². The molecule has 96 valence electrons. The van der Waals surface area contributed by atoms with Gasteiger partial charge in [0.15, 0.2) is 0 Å².